The zero-order valence-electron chi connectivity index (χ0n) is 18.6. The third kappa shape index (κ3) is 4.14. The molecule has 178 valence electrons. The van der Waals surface area contributed by atoms with Gasteiger partial charge in [0.1, 0.15) is 11.4 Å². The monoisotopic (exact) mass is 500 g/mol. The Labute approximate surface area is 209 Å². The van der Waals surface area contributed by atoms with Crippen LogP contribution in [0.4, 0.5) is 15.8 Å². The molecule has 1 aliphatic heterocycles. The number of non-ortho nitro benzene ring substituents is 1. The fraction of sp³-hybridized carbons (Fsp3) is 0.0385. The van der Waals surface area contributed by atoms with Gasteiger partial charge in [0.25, 0.3) is 17.5 Å². The van der Waals surface area contributed by atoms with Gasteiger partial charge in [0.2, 0.25) is 0 Å². The summed E-state index contributed by atoms with van der Waals surface area (Å²) < 4.78 is 16.3. The molecule has 0 bridgehead atoms. The van der Waals surface area contributed by atoms with Crippen LogP contribution in [-0.2, 0) is 16.1 Å². The lowest BCUT2D eigenvalue weighted by Crippen LogP contribution is -2.54. The van der Waals surface area contributed by atoms with Crippen LogP contribution in [0.1, 0.15) is 11.1 Å². The fourth-order valence-corrected chi connectivity index (χ4v) is 4.42. The van der Waals surface area contributed by atoms with Gasteiger partial charge in [0.15, 0.2) is 5.11 Å². The number of benzene rings is 3. The molecule has 5 rings (SSSR count). The molecule has 2 amide bonds. The topological polar surface area (TPSA) is 97.5 Å². The van der Waals surface area contributed by atoms with E-state index in [2.05, 4.69) is 5.32 Å². The lowest BCUT2D eigenvalue weighted by molar-refractivity contribution is -0.384. The summed E-state index contributed by atoms with van der Waals surface area (Å²) in [4.78, 5) is 37.7. The zero-order chi connectivity index (χ0) is 25.4. The second kappa shape index (κ2) is 9.16. The van der Waals surface area contributed by atoms with Gasteiger partial charge in [-0.3, -0.25) is 25.0 Å². The van der Waals surface area contributed by atoms with Crippen molar-refractivity contribution in [2.24, 2.45) is 0 Å². The highest BCUT2D eigenvalue weighted by Gasteiger charge is 2.35. The number of amides is 2. The van der Waals surface area contributed by atoms with Crippen molar-refractivity contribution < 1.29 is 18.9 Å². The van der Waals surface area contributed by atoms with Gasteiger partial charge in [-0.15, -0.1) is 0 Å². The first-order valence-corrected chi connectivity index (χ1v) is 11.2. The molecule has 3 aromatic carbocycles. The zero-order valence-corrected chi connectivity index (χ0v) is 19.4. The van der Waals surface area contributed by atoms with E-state index in [9.17, 15) is 24.1 Å². The van der Waals surface area contributed by atoms with Crippen LogP contribution in [0.3, 0.4) is 0 Å². The molecule has 2 heterocycles. The van der Waals surface area contributed by atoms with E-state index < -0.39 is 22.6 Å². The minimum Gasteiger partial charge on any atom is -0.342 e. The average molecular weight is 501 g/mol. The molecule has 1 fully saturated rings. The van der Waals surface area contributed by atoms with Crippen molar-refractivity contribution in [1.82, 2.24) is 9.88 Å². The SMILES string of the molecule is O=C1NC(=S)N(c2ccccc2F)C(=O)/C1=C/c1cn(Cc2cccc([N+](=O)[O-])c2)c2ccccc12. The molecular formula is C26H17FN4O4S. The number of nitro benzene ring substituents is 1. The Balaban J connectivity index is 1.57. The Morgan fingerprint density at radius 2 is 1.78 bits per heavy atom. The second-order valence-electron chi connectivity index (χ2n) is 8.07. The van der Waals surface area contributed by atoms with E-state index in [-0.39, 0.29) is 22.1 Å². The number of carbonyl (C=O) groups is 2. The van der Waals surface area contributed by atoms with Gasteiger partial charge in [-0.05, 0) is 42.1 Å². The Bertz CT molecular complexity index is 1610. The highest BCUT2D eigenvalue weighted by atomic mass is 32.1. The highest BCUT2D eigenvalue weighted by molar-refractivity contribution is 7.80. The van der Waals surface area contributed by atoms with Crippen LogP contribution in [0.5, 0.6) is 0 Å². The first-order valence-electron chi connectivity index (χ1n) is 10.8. The summed E-state index contributed by atoms with van der Waals surface area (Å²) in [5, 5.41) is 14.2. The number of hydrogen-bond acceptors (Lipinski definition) is 5. The number of aromatic nitrogens is 1. The number of nitro groups is 1. The smallest absolute Gasteiger partial charge is 0.270 e. The molecule has 1 saturated heterocycles. The van der Waals surface area contributed by atoms with Crippen LogP contribution in [0.15, 0.2) is 84.6 Å². The van der Waals surface area contributed by atoms with Crippen molar-refractivity contribution >= 4 is 57.5 Å². The summed E-state index contributed by atoms with van der Waals surface area (Å²) in [6, 6.07) is 19.4. The number of carbonyl (C=O) groups excluding carboxylic acids is 2. The maximum atomic E-state index is 14.4. The van der Waals surface area contributed by atoms with Crippen LogP contribution in [0, 0.1) is 15.9 Å². The molecule has 0 aliphatic carbocycles. The third-order valence-corrected chi connectivity index (χ3v) is 6.07. The van der Waals surface area contributed by atoms with E-state index in [0.717, 1.165) is 15.8 Å². The molecule has 36 heavy (non-hydrogen) atoms. The van der Waals surface area contributed by atoms with Crippen molar-refractivity contribution in [2.75, 3.05) is 4.90 Å². The number of nitrogens with zero attached hydrogens (tertiary/aromatic N) is 3. The molecule has 10 heteroatoms. The molecule has 1 aliphatic rings. The highest BCUT2D eigenvalue weighted by Crippen LogP contribution is 2.28. The van der Waals surface area contributed by atoms with Crippen molar-refractivity contribution in [1.29, 1.82) is 0 Å². The van der Waals surface area contributed by atoms with E-state index in [1.54, 1.807) is 24.4 Å². The number of halogens is 1. The summed E-state index contributed by atoms with van der Waals surface area (Å²) in [7, 11) is 0. The van der Waals surface area contributed by atoms with E-state index in [4.69, 9.17) is 12.2 Å². The van der Waals surface area contributed by atoms with Crippen molar-refractivity contribution in [3.63, 3.8) is 0 Å². The summed E-state index contributed by atoms with van der Waals surface area (Å²) >= 11 is 5.15. The number of para-hydroxylation sites is 2. The Morgan fingerprint density at radius 3 is 2.56 bits per heavy atom. The van der Waals surface area contributed by atoms with Crippen molar-refractivity contribution in [2.45, 2.75) is 6.54 Å². The van der Waals surface area contributed by atoms with E-state index in [1.165, 1.54) is 36.4 Å². The molecule has 0 spiro atoms. The van der Waals surface area contributed by atoms with E-state index in [0.29, 0.717) is 17.7 Å². The van der Waals surface area contributed by atoms with Gasteiger partial charge in [-0.25, -0.2) is 9.29 Å². The Kier molecular flexibility index (Phi) is 5.87. The number of thiocarbonyl (C=S) groups is 1. The predicted octanol–water partition coefficient (Wildman–Crippen LogP) is 4.57. The molecule has 1 aromatic heterocycles. The molecule has 8 nitrogen and oxygen atoms in total. The van der Waals surface area contributed by atoms with Crippen LogP contribution < -0.4 is 10.2 Å². The lowest BCUT2D eigenvalue weighted by Gasteiger charge is -2.29. The lowest BCUT2D eigenvalue weighted by atomic mass is 10.1. The minimum absolute atomic E-state index is 0.0139. The number of rotatable bonds is 5. The molecule has 0 unspecified atom stereocenters. The quantitative estimate of drug-likeness (QED) is 0.142. The number of hydrogen-bond donors (Lipinski definition) is 1. The third-order valence-electron chi connectivity index (χ3n) is 5.79. The summed E-state index contributed by atoms with van der Waals surface area (Å²) in [5.74, 6) is -2.09. The fourth-order valence-electron chi connectivity index (χ4n) is 4.15. The van der Waals surface area contributed by atoms with Crippen LogP contribution in [0.25, 0.3) is 17.0 Å². The molecular weight excluding hydrogens is 483 g/mol. The number of fused-ring (bicyclic) bond motifs is 1. The molecule has 0 saturated carbocycles. The van der Waals surface area contributed by atoms with Crippen LogP contribution in [-0.4, -0.2) is 26.4 Å². The molecule has 1 N–H and O–H groups in total. The van der Waals surface area contributed by atoms with Crippen molar-refractivity contribution in [3.05, 3.63) is 112 Å². The standard InChI is InChI=1S/C26H17FN4O4S/c27-21-9-2-4-11-23(21)30-25(33)20(24(32)28-26(30)36)13-17-15-29(22-10-3-1-8-19(17)22)14-16-6-5-7-18(12-16)31(34)35/h1-13,15H,14H2,(H,28,32,36)/b20-13+. The average Bonchev–Trinajstić information content (AvgIpc) is 3.20. The van der Waals surface area contributed by atoms with Crippen LogP contribution >= 0.6 is 12.2 Å². The van der Waals surface area contributed by atoms with E-state index >= 15 is 0 Å². The molecule has 0 radical (unpaired) electrons. The Morgan fingerprint density at radius 1 is 1.03 bits per heavy atom. The summed E-state index contributed by atoms with van der Waals surface area (Å²) in [6.07, 6.45) is 3.21. The van der Waals surface area contributed by atoms with Crippen molar-refractivity contribution in [3.8, 4) is 0 Å². The van der Waals surface area contributed by atoms with Crippen LogP contribution in [0.2, 0.25) is 0 Å². The summed E-state index contributed by atoms with van der Waals surface area (Å²) in [6.45, 7) is 0.330. The van der Waals surface area contributed by atoms with Gasteiger partial charge >= 0.3 is 0 Å². The van der Waals surface area contributed by atoms with E-state index in [1.807, 2.05) is 28.8 Å². The van der Waals surface area contributed by atoms with Gasteiger partial charge in [-0.1, -0.05) is 42.5 Å². The Hall–Kier alpha value is -4.70. The van der Waals surface area contributed by atoms with Gasteiger partial charge in [-0.2, -0.15) is 0 Å². The molecule has 0 atom stereocenters. The van der Waals surface area contributed by atoms with Gasteiger partial charge in [0.05, 0.1) is 10.6 Å². The maximum Gasteiger partial charge on any atom is 0.270 e. The minimum atomic E-state index is -0.746. The maximum absolute atomic E-state index is 14.4. The first-order chi connectivity index (χ1) is 17.3. The van der Waals surface area contributed by atoms with Gasteiger partial charge in [0, 0.05) is 41.3 Å². The predicted molar refractivity (Wildman–Crippen MR) is 137 cm³/mol. The molecule has 4 aromatic rings. The first kappa shape index (κ1) is 23.1. The largest absolute Gasteiger partial charge is 0.342 e. The number of nitrogens with one attached hydrogen (secondary N) is 1. The number of anilines is 1. The normalized spacial score (nSPS) is 15.0. The summed E-state index contributed by atoms with van der Waals surface area (Å²) in [5.41, 5.74) is 1.82. The second-order valence-corrected chi connectivity index (χ2v) is 8.45. The van der Waals surface area contributed by atoms with Gasteiger partial charge < -0.3 is 4.57 Å².